The highest BCUT2D eigenvalue weighted by Gasteiger charge is 2.45. The van der Waals surface area contributed by atoms with Crippen molar-refractivity contribution >= 4 is 11.7 Å². The number of rotatable bonds is 8. The van der Waals surface area contributed by atoms with Gasteiger partial charge in [-0.15, -0.1) is 0 Å². The lowest BCUT2D eigenvalue weighted by atomic mass is 9.82. The molecule has 1 aliphatic rings. The largest absolute Gasteiger partial charge is 0.493 e. The van der Waals surface area contributed by atoms with E-state index >= 15 is 0 Å². The summed E-state index contributed by atoms with van der Waals surface area (Å²) in [5, 5.41) is 15.9. The van der Waals surface area contributed by atoms with E-state index in [0.717, 1.165) is 5.56 Å². The molecule has 1 N–H and O–H groups in total. The Labute approximate surface area is 188 Å². The molecule has 6 nitrogen and oxygen atoms in total. The molecule has 0 bridgehead atoms. The summed E-state index contributed by atoms with van der Waals surface area (Å²) in [6, 6.07) is 14.7. The van der Waals surface area contributed by atoms with Crippen LogP contribution in [0.15, 0.2) is 54.7 Å². The van der Waals surface area contributed by atoms with Gasteiger partial charge in [0.1, 0.15) is 17.6 Å². The molecule has 2 aromatic carbocycles. The number of alkyl halides is 2. The van der Waals surface area contributed by atoms with Gasteiger partial charge in [0, 0.05) is 31.0 Å². The summed E-state index contributed by atoms with van der Waals surface area (Å²) >= 11 is 0. The van der Waals surface area contributed by atoms with Crippen molar-refractivity contribution in [2.24, 2.45) is 5.92 Å². The quantitative estimate of drug-likeness (QED) is 0.542. The average Bonchev–Trinajstić information content (AvgIpc) is 3.19. The van der Waals surface area contributed by atoms with Gasteiger partial charge in [-0.25, -0.2) is 13.2 Å². The number of amides is 1. The Morgan fingerprint density at radius 1 is 1.18 bits per heavy atom. The molecule has 0 aliphatic heterocycles. The smallest absolute Gasteiger partial charge is 0.248 e. The molecule has 4 rings (SSSR count). The van der Waals surface area contributed by atoms with Gasteiger partial charge in [0.05, 0.1) is 25.1 Å². The molecule has 0 atom stereocenters. The molecule has 1 saturated carbocycles. The van der Waals surface area contributed by atoms with Crippen LogP contribution >= 0.6 is 0 Å². The van der Waals surface area contributed by atoms with Gasteiger partial charge in [-0.05, 0) is 35.4 Å². The van der Waals surface area contributed by atoms with Crippen LogP contribution in [0.2, 0.25) is 0 Å². The van der Waals surface area contributed by atoms with Gasteiger partial charge in [0.15, 0.2) is 5.82 Å². The number of hydrogen-bond donors (Lipinski definition) is 1. The summed E-state index contributed by atoms with van der Waals surface area (Å²) in [5.41, 5.74) is 1.45. The van der Waals surface area contributed by atoms with E-state index in [0.29, 0.717) is 23.7 Å². The third-order valence-electron chi connectivity index (χ3n) is 5.35. The van der Waals surface area contributed by atoms with Crippen LogP contribution in [0.4, 0.5) is 19.0 Å². The number of hydrogen-bond acceptors (Lipinski definition) is 4. The topological polar surface area (TPSA) is 79.9 Å². The molecule has 1 heterocycles. The number of carbonyl (C=O) groups excluding carboxylic acids is 1. The highest BCUT2D eigenvalue weighted by atomic mass is 19.3. The van der Waals surface area contributed by atoms with Gasteiger partial charge >= 0.3 is 0 Å². The Bertz CT molecular complexity index is 1180. The van der Waals surface area contributed by atoms with Gasteiger partial charge in [0.25, 0.3) is 0 Å². The van der Waals surface area contributed by atoms with E-state index < -0.39 is 11.7 Å². The summed E-state index contributed by atoms with van der Waals surface area (Å²) in [7, 11) is 0. The van der Waals surface area contributed by atoms with Gasteiger partial charge in [-0.2, -0.15) is 10.4 Å². The van der Waals surface area contributed by atoms with Crippen molar-refractivity contribution in [1.82, 2.24) is 9.78 Å². The standard InChI is InChI=1S/C24H21F3N4O2/c25-21-6-3-17(9-19(21)13-28)14-31-8-7-22(30-31)29-23(32)10-16-1-4-20(5-2-16)33-15-18-11-24(26,27)12-18/h1-9,18H,10-12,14-15H2,(H,29,30,32). The molecule has 170 valence electrons. The number of carbonyl (C=O) groups is 1. The Morgan fingerprint density at radius 2 is 1.91 bits per heavy atom. The zero-order valence-electron chi connectivity index (χ0n) is 17.6. The zero-order chi connectivity index (χ0) is 23.4. The summed E-state index contributed by atoms with van der Waals surface area (Å²) in [4.78, 5) is 12.3. The van der Waals surface area contributed by atoms with E-state index in [1.165, 1.54) is 12.1 Å². The van der Waals surface area contributed by atoms with Gasteiger partial charge in [-0.1, -0.05) is 18.2 Å². The number of ether oxygens (including phenoxy) is 1. The summed E-state index contributed by atoms with van der Waals surface area (Å²) in [6.45, 7) is 0.582. The SMILES string of the molecule is N#Cc1cc(Cn2ccc(NC(=O)Cc3ccc(OCC4CC(F)(F)C4)cc3)n2)ccc1F. The lowest BCUT2D eigenvalue weighted by Crippen LogP contribution is -2.38. The van der Waals surface area contributed by atoms with E-state index in [9.17, 15) is 18.0 Å². The predicted molar refractivity (Wildman–Crippen MR) is 114 cm³/mol. The van der Waals surface area contributed by atoms with Crippen LogP contribution in [0.1, 0.15) is 29.5 Å². The second kappa shape index (κ2) is 9.36. The van der Waals surface area contributed by atoms with E-state index in [-0.39, 0.29) is 43.3 Å². The number of halogens is 3. The van der Waals surface area contributed by atoms with Crippen LogP contribution in [-0.4, -0.2) is 28.2 Å². The van der Waals surface area contributed by atoms with Gasteiger partial charge < -0.3 is 10.1 Å². The van der Waals surface area contributed by atoms with Crippen molar-refractivity contribution in [2.45, 2.75) is 31.7 Å². The van der Waals surface area contributed by atoms with E-state index in [1.807, 2.05) is 0 Å². The van der Waals surface area contributed by atoms with Crippen molar-refractivity contribution in [3.63, 3.8) is 0 Å². The third-order valence-corrected chi connectivity index (χ3v) is 5.35. The molecule has 0 saturated heterocycles. The van der Waals surface area contributed by atoms with Crippen LogP contribution in [0, 0.1) is 23.1 Å². The van der Waals surface area contributed by atoms with Gasteiger partial charge in [-0.3, -0.25) is 9.48 Å². The monoisotopic (exact) mass is 454 g/mol. The number of aromatic nitrogens is 2. The molecule has 33 heavy (non-hydrogen) atoms. The first-order valence-electron chi connectivity index (χ1n) is 10.4. The first-order valence-corrected chi connectivity index (χ1v) is 10.4. The van der Waals surface area contributed by atoms with Crippen molar-refractivity contribution in [3.05, 3.63) is 77.2 Å². The molecule has 3 aromatic rings. The van der Waals surface area contributed by atoms with Crippen LogP contribution < -0.4 is 10.1 Å². The average molecular weight is 454 g/mol. The molecule has 1 aliphatic carbocycles. The molecule has 0 unspecified atom stereocenters. The summed E-state index contributed by atoms with van der Waals surface area (Å²) in [6.07, 6.45) is 1.54. The second-order valence-corrected chi connectivity index (χ2v) is 8.13. The van der Waals surface area contributed by atoms with Gasteiger partial charge in [0.2, 0.25) is 11.8 Å². The second-order valence-electron chi connectivity index (χ2n) is 8.13. The number of nitrogens with zero attached hydrogens (tertiary/aromatic N) is 3. The van der Waals surface area contributed by atoms with E-state index in [1.54, 1.807) is 53.3 Å². The minimum absolute atomic E-state index is 0.0332. The molecule has 1 fully saturated rings. The number of nitriles is 1. The zero-order valence-corrected chi connectivity index (χ0v) is 17.6. The Kier molecular flexibility index (Phi) is 6.36. The Hall–Kier alpha value is -3.80. The first-order chi connectivity index (χ1) is 15.8. The molecule has 9 heteroatoms. The summed E-state index contributed by atoms with van der Waals surface area (Å²) in [5.74, 6) is -2.55. The van der Waals surface area contributed by atoms with Crippen LogP contribution in [0.25, 0.3) is 0 Å². The normalized spacial score (nSPS) is 14.8. The van der Waals surface area contributed by atoms with Crippen LogP contribution in [0.5, 0.6) is 5.75 Å². The molecule has 1 amide bonds. The highest BCUT2D eigenvalue weighted by Crippen LogP contribution is 2.42. The maximum absolute atomic E-state index is 13.4. The number of anilines is 1. The minimum atomic E-state index is -2.55. The van der Waals surface area contributed by atoms with E-state index in [2.05, 4.69) is 10.4 Å². The maximum Gasteiger partial charge on any atom is 0.248 e. The number of benzene rings is 2. The third kappa shape index (κ3) is 5.92. The Balaban J connectivity index is 1.25. The molecule has 0 radical (unpaired) electrons. The molecule has 1 aromatic heterocycles. The van der Waals surface area contributed by atoms with Crippen molar-refractivity contribution in [1.29, 1.82) is 5.26 Å². The summed E-state index contributed by atoms with van der Waals surface area (Å²) < 4.78 is 46.3. The van der Waals surface area contributed by atoms with Crippen molar-refractivity contribution in [2.75, 3.05) is 11.9 Å². The lowest BCUT2D eigenvalue weighted by Gasteiger charge is -2.34. The highest BCUT2D eigenvalue weighted by molar-refractivity contribution is 5.91. The molecular formula is C24H21F3N4O2. The van der Waals surface area contributed by atoms with Crippen LogP contribution in [0.3, 0.4) is 0 Å². The van der Waals surface area contributed by atoms with Crippen molar-refractivity contribution in [3.8, 4) is 11.8 Å². The predicted octanol–water partition coefficient (Wildman–Crippen LogP) is 4.55. The fourth-order valence-corrected chi connectivity index (χ4v) is 3.65. The maximum atomic E-state index is 13.4. The van der Waals surface area contributed by atoms with Crippen molar-refractivity contribution < 1.29 is 22.7 Å². The number of nitrogens with one attached hydrogen (secondary N) is 1. The minimum Gasteiger partial charge on any atom is -0.493 e. The fourth-order valence-electron chi connectivity index (χ4n) is 3.65. The Morgan fingerprint density at radius 3 is 2.61 bits per heavy atom. The molecular weight excluding hydrogens is 433 g/mol. The first kappa shape index (κ1) is 22.4. The molecule has 0 spiro atoms. The van der Waals surface area contributed by atoms with Crippen LogP contribution in [-0.2, 0) is 17.8 Å². The lowest BCUT2D eigenvalue weighted by molar-refractivity contribution is -0.119. The van der Waals surface area contributed by atoms with E-state index in [4.69, 9.17) is 10.00 Å². The fraction of sp³-hybridized carbons (Fsp3) is 0.292.